The summed E-state index contributed by atoms with van der Waals surface area (Å²) < 4.78 is 10.6. The van der Waals surface area contributed by atoms with Crippen LogP contribution in [0.3, 0.4) is 0 Å². The molecule has 78 valence electrons. The lowest BCUT2D eigenvalue weighted by Gasteiger charge is -2.17. The van der Waals surface area contributed by atoms with Crippen LogP contribution in [0.15, 0.2) is 42.5 Å². The van der Waals surface area contributed by atoms with Crippen molar-refractivity contribution in [3.8, 4) is 0 Å². The predicted molar refractivity (Wildman–Crippen MR) is 55.1 cm³/mol. The summed E-state index contributed by atoms with van der Waals surface area (Å²) in [6.07, 6.45) is 2.73. The zero-order chi connectivity index (χ0) is 10.5. The highest BCUT2D eigenvalue weighted by molar-refractivity contribution is 5.91. The molecule has 1 atom stereocenters. The molecule has 1 aliphatic rings. The second kappa shape index (κ2) is 4.87. The number of ether oxygens (including phenoxy) is 2. The van der Waals surface area contributed by atoms with Crippen LogP contribution in [0.2, 0.25) is 0 Å². The van der Waals surface area contributed by atoms with Gasteiger partial charge in [0.25, 0.3) is 0 Å². The first kappa shape index (κ1) is 10.1. The largest absolute Gasteiger partial charge is 0.344 e. The standard InChI is InChI=1S/C12H12O3/c13-11-6-7-12(15-9-11)14-8-10-4-2-1-3-5-10/h1-7,12H,8-9H2/t12-/m1/s1. The summed E-state index contributed by atoms with van der Waals surface area (Å²) in [7, 11) is 0. The molecular weight excluding hydrogens is 192 g/mol. The van der Waals surface area contributed by atoms with Gasteiger partial charge in [-0.25, -0.2) is 0 Å². The van der Waals surface area contributed by atoms with Crippen molar-refractivity contribution in [3.05, 3.63) is 48.0 Å². The molecule has 0 unspecified atom stereocenters. The lowest BCUT2D eigenvalue weighted by atomic mass is 10.2. The maximum atomic E-state index is 10.8. The summed E-state index contributed by atoms with van der Waals surface area (Å²) in [5.74, 6) is -0.0189. The first-order chi connectivity index (χ1) is 7.34. The molecule has 0 radical (unpaired) electrons. The zero-order valence-corrected chi connectivity index (χ0v) is 8.26. The van der Waals surface area contributed by atoms with Gasteiger partial charge in [0.15, 0.2) is 12.1 Å². The van der Waals surface area contributed by atoms with Crippen LogP contribution in [0, 0.1) is 0 Å². The van der Waals surface area contributed by atoms with Gasteiger partial charge in [-0.15, -0.1) is 0 Å². The quantitative estimate of drug-likeness (QED) is 0.751. The van der Waals surface area contributed by atoms with Crippen molar-refractivity contribution in [1.29, 1.82) is 0 Å². The van der Waals surface area contributed by atoms with Crippen molar-refractivity contribution in [1.82, 2.24) is 0 Å². The van der Waals surface area contributed by atoms with E-state index in [1.54, 1.807) is 6.08 Å². The zero-order valence-electron chi connectivity index (χ0n) is 8.26. The first-order valence-corrected chi connectivity index (χ1v) is 4.83. The summed E-state index contributed by atoms with van der Waals surface area (Å²) in [6, 6.07) is 9.84. The van der Waals surface area contributed by atoms with Gasteiger partial charge < -0.3 is 9.47 Å². The summed E-state index contributed by atoms with van der Waals surface area (Å²) >= 11 is 0. The van der Waals surface area contributed by atoms with Crippen molar-refractivity contribution in [2.75, 3.05) is 6.61 Å². The lowest BCUT2D eigenvalue weighted by Crippen LogP contribution is -2.23. The molecule has 1 aromatic carbocycles. The van der Waals surface area contributed by atoms with Gasteiger partial charge in [-0.05, 0) is 17.7 Å². The van der Waals surface area contributed by atoms with Gasteiger partial charge in [0.2, 0.25) is 0 Å². The Hall–Kier alpha value is -1.45. The Bertz CT molecular complexity index is 356. The van der Waals surface area contributed by atoms with Gasteiger partial charge in [-0.1, -0.05) is 30.3 Å². The van der Waals surface area contributed by atoms with Crippen molar-refractivity contribution >= 4 is 5.78 Å². The van der Waals surface area contributed by atoms with Crippen molar-refractivity contribution in [2.24, 2.45) is 0 Å². The number of rotatable bonds is 3. The second-order valence-corrected chi connectivity index (χ2v) is 3.30. The number of hydrogen-bond acceptors (Lipinski definition) is 3. The number of ketones is 1. The van der Waals surface area contributed by atoms with E-state index in [0.717, 1.165) is 5.56 Å². The Labute approximate surface area is 88.3 Å². The molecule has 1 aromatic rings. The Morgan fingerprint density at radius 3 is 2.80 bits per heavy atom. The minimum absolute atomic E-state index is 0.0189. The van der Waals surface area contributed by atoms with E-state index in [9.17, 15) is 4.79 Å². The van der Waals surface area contributed by atoms with Crippen LogP contribution < -0.4 is 0 Å². The second-order valence-electron chi connectivity index (χ2n) is 3.30. The molecule has 2 rings (SSSR count). The molecule has 1 heterocycles. The highest BCUT2D eigenvalue weighted by Gasteiger charge is 2.12. The summed E-state index contributed by atoms with van der Waals surface area (Å²) in [5, 5.41) is 0. The van der Waals surface area contributed by atoms with Crippen molar-refractivity contribution in [3.63, 3.8) is 0 Å². The number of carbonyl (C=O) groups excluding carboxylic acids is 1. The molecule has 15 heavy (non-hydrogen) atoms. The molecule has 0 saturated carbocycles. The van der Waals surface area contributed by atoms with E-state index in [0.29, 0.717) is 6.61 Å². The predicted octanol–water partition coefficient (Wildman–Crippen LogP) is 1.68. The van der Waals surface area contributed by atoms with Crippen molar-refractivity contribution < 1.29 is 14.3 Å². The van der Waals surface area contributed by atoms with E-state index in [-0.39, 0.29) is 12.4 Å². The summed E-state index contributed by atoms with van der Waals surface area (Å²) in [6.45, 7) is 0.597. The fraction of sp³-hybridized carbons (Fsp3) is 0.250. The lowest BCUT2D eigenvalue weighted by molar-refractivity contribution is -0.145. The molecule has 1 aliphatic heterocycles. The smallest absolute Gasteiger partial charge is 0.181 e. The topological polar surface area (TPSA) is 35.5 Å². The molecule has 0 bridgehead atoms. The molecule has 3 nitrogen and oxygen atoms in total. The van der Waals surface area contributed by atoms with Crippen LogP contribution in [-0.2, 0) is 20.9 Å². The number of hydrogen-bond donors (Lipinski definition) is 0. The average molecular weight is 204 g/mol. The minimum Gasteiger partial charge on any atom is -0.344 e. The molecule has 0 N–H and O–H groups in total. The molecular formula is C12H12O3. The van der Waals surface area contributed by atoms with Gasteiger partial charge >= 0.3 is 0 Å². The monoisotopic (exact) mass is 204 g/mol. The van der Waals surface area contributed by atoms with Gasteiger partial charge in [0, 0.05) is 0 Å². The molecule has 3 heteroatoms. The highest BCUT2D eigenvalue weighted by atomic mass is 16.7. The average Bonchev–Trinajstić information content (AvgIpc) is 2.30. The van der Waals surface area contributed by atoms with Crippen LogP contribution in [0.1, 0.15) is 5.56 Å². The van der Waals surface area contributed by atoms with Crippen LogP contribution >= 0.6 is 0 Å². The van der Waals surface area contributed by atoms with E-state index in [1.807, 2.05) is 30.3 Å². The van der Waals surface area contributed by atoms with Crippen LogP contribution in [0.4, 0.5) is 0 Å². The third-order valence-electron chi connectivity index (χ3n) is 2.09. The van der Waals surface area contributed by atoms with Gasteiger partial charge in [0.05, 0.1) is 6.61 Å². The first-order valence-electron chi connectivity index (χ1n) is 4.83. The maximum Gasteiger partial charge on any atom is 0.181 e. The fourth-order valence-electron chi connectivity index (χ4n) is 1.31. The molecule has 0 aromatic heterocycles. The molecule has 0 fully saturated rings. The van der Waals surface area contributed by atoms with Gasteiger partial charge in [-0.3, -0.25) is 4.79 Å². The summed E-state index contributed by atoms with van der Waals surface area (Å²) in [5.41, 5.74) is 1.09. The third kappa shape index (κ3) is 3.01. The third-order valence-corrected chi connectivity index (χ3v) is 2.09. The van der Waals surface area contributed by atoms with Crippen LogP contribution in [-0.4, -0.2) is 18.7 Å². The minimum atomic E-state index is -0.400. The normalized spacial score (nSPS) is 20.5. The van der Waals surface area contributed by atoms with E-state index < -0.39 is 6.29 Å². The van der Waals surface area contributed by atoms with E-state index >= 15 is 0 Å². The Kier molecular flexibility index (Phi) is 3.27. The van der Waals surface area contributed by atoms with E-state index in [4.69, 9.17) is 9.47 Å². The van der Waals surface area contributed by atoms with Gasteiger partial charge in [-0.2, -0.15) is 0 Å². The Balaban J connectivity index is 1.84. The van der Waals surface area contributed by atoms with Crippen LogP contribution in [0.25, 0.3) is 0 Å². The van der Waals surface area contributed by atoms with Gasteiger partial charge in [0.1, 0.15) is 6.61 Å². The fourth-order valence-corrected chi connectivity index (χ4v) is 1.31. The van der Waals surface area contributed by atoms with Crippen molar-refractivity contribution in [2.45, 2.75) is 12.9 Å². The molecule has 0 aliphatic carbocycles. The van der Waals surface area contributed by atoms with Crippen LogP contribution in [0.5, 0.6) is 0 Å². The maximum absolute atomic E-state index is 10.8. The highest BCUT2D eigenvalue weighted by Crippen LogP contribution is 2.08. The van der Waals surface area contributed by atoms with E-state index in [1.165, 1.54) is 6.08 Å². The molecule has 0 amide bonds. The van der Waals surface area contributed by atoms with E-state index in [2.05, 4.69) is 0 Å². The number of benzene rings is 1. The molecule has 0 spiro atoms. The Morgan fingerprint density at radius 2 is 2.13 bits per heavy atom. The SMILES string of the molecule is O=C1C=C[C@H](OCc2ccccc2)OC1. The summed E-state index contributed by atoms with van der Waals surface area (Å²) in [4.78, 5) is 10.8. The Morgan fingerprint density at radius 1 is 1.33 bits per heavy atom. The number of carbonyl (C=O) groups is 1. The molecule has 0 saturated heterocycles.